The van der Waals surface area contributed by atoms with Gasteiger partial charge in [-0.2, -0.15) is 0 Å². The Labute approximate surface area is 217 Å². The van der Waals surface area contributed by atoms with Gasteiger partial charge in [-0.15, -0.1) is 0 Å². The molecule has 4 aliphatic rings. The largest absolute Gasteiger partial charge is 0.479 e. The molecule has 4 rings (SSSR count). The molecule has 0 aromatic carbocycles. The molecule has 2 fully saturated rings. The van der Waals surface area contributed by atoms with Gasteiger partial charge in [0, 0.05) is 20.0 Å². The van der Waals surface area contributed by atoms with E-state index in [9.17, 15) is 19.8 Å². The zero-order valence-corrected chi connectivity index (χ0v) is 23.7. The number of aliphatic hydroxyl groups excluding tert-OH is 1. The van der Waals surface area contributed by atoms with Gasteiger partial charge in [0.15, 0.2) is 5.60 Å². The van der Waals surface area contributed by atoms with Crippen molar-refractivity contribution < 1.29 is 24.5 Å². The first-order valence-corrected chi connectivity index (χ1v) is 14.0. The number of carbonyl (C=O) groups excluding carboxylic acids is 1. The van der Waals surface area contributed by atoms with Crippen LogP contribution in [0, 0.1) is 39.4 Å². The summed E-state index contributed by atoms with van der Waals surface area (Å²) in [6, 6.07) is 0. The van der Waals surface area contributed by atoms with Crippen molar-refractivity contribution in [2.24, 2.45) is 39.4 Å². The summed E-state index contributed by atoms with van der Waals surface area (Å²) in [5.74, 6) is 0.00502. The van der Waals surface area contributed by atoms with E-state index in [2.05, 4.69) is 53.7 Å². The van der Waals surface area contributed by atoms with Gasteiger partial charge in [0.05, 0.1) is 6.10 Å². The Balaban J connectivity index is 1.57. The summed E-state index contributed by atoms with van der Waals surface area (Å²) in [5, 5.41) is 20.3. The number of rotatable bonds is 7. The van der Waals surface area contributed by atoms with Crippen molar-refractivity contribution in [3.05, 3.63) is 23.3 Å². The van der Waals surface area contributed by atoms with E-state index in [4.69, 9.17) is 4.74 Å². The summed E-state index contributed by atoms with van der Waals surface area (Å²) in [5.41, 5.74) is 1.63. The summed E-state index contributed by atoms with van der Waals surface area (Å²) < 4.78 is 5.19. The number of hydrogen-bond donors (Lipinski definition) is 2. The van der Waals surface area contributed by atoms with E-state index in [1.54, 1.807) is 0 Å². The minimum absolute atomic E-state index is 0.000712. The van der Waals surface area contributed by atoms with Crippen LogP contribution in [0.2, 0.25) is 0 Å². The summed E-state index contributed by atoms with van der Waals surface area (Å²) >= 11 is 0. The average Bonchev–Trinajstić information content (AvgIpc) is 3.08. The smallest absolute Gasteiger partial charge is 0.336 e. The molecule has 2 N–H and O–H groups in total. The lowest BCUT2D eigenvalue weighted by molar-refractivity contribution is -0.163. The third-order valence-electron chi connectivity index (χ3n) is 12.1. The third-order valence-corrected chi connectivity index (χ3v) is 12.1. The van der Waals surface area contributed by atoms with Gasteiger partial charge in [-0.3, -0.25) is 4.79 Å². The number of carboxylic acid groups (broad SMARTS) is 1. The highest BCUT2D eigenvalue weighted by Crippen LogP contribution is 2.70. The topological polar surface area (TPSA) is 83.8 Å². The molecule has 0 aliphatic heterocycles. The van der Waals surface area contributed by atoms with Crippen LogP contribution in [-0.4, -0.2) is 40.8 Å². The molecule has 4 aliphatic carbocycles. The molecule has 0 radical (unpaired) electrons. The van der Waals surface area contributed by atoms with Crippen LogP contribution >= 0.6 is 0 Å². The predicted octanol–water partition coefficient (Wildman–Crippen LogP) is 6.35. The molecule has 0 bridgehead atoms. The fourth-order valence-electron chi connectivity index (χ4n) is 8.95. The van der Waals surface area contributed by atoms with Crippen LogP contribution in [0.5, 0.6) is 0 Å². The Morgan fingerprint density at radius 3 is 2.42 bits per heavy atom. The number of aliphatic hydroxyl groups is 1. The number of ether oxygens (including phenoxy) is 1. The van der Waals surface area contributed by atoms with Gasteiger partial charge in [-0.05, 0) is 96.0 Å². The Bertz CT molecular complexity index is 993. The van der Waals surface area contributed by atoms with E-state index in [0.29, 0.717) is 18.3 Å². The SMILES string of the molecule is CO[C@](C)(CC(=O)C[C@@H](C)[C@]1(C)CC=C2C3=CC[C@H]4C(C)(C)[C@H](O)CC[C@]4(C)[C@@H]3CC[C@]21C)C(=O)O. The second-order valence-corrected chi connectivity index (χ2v) is 14.1. The van der Waals surface area contributed by atoms with Crippen molar-refractivity contribution in [1.29, 1.82) is 0 Å². The fraction of sp³-hybridized carbons (Fsp3) is 0.806. The van der Waals surface area contributed by atoms with Gasteiger partial charge >= 0.3 is 5.97 Å². The Morgan fingerprint density at radius 1 is 1.14 bits per heavy atom. The van der Waals surface area contributed by atoms with Crippen LogP contribution in [0.15, 0.2) is 23.3 Å². The molecule has 0 aromatic heterocycles. The predicted molar refractivity (Wildman–Crippen MR) is 141 cm³/mol. The molecule has 0 heterocycles. The lowest BCUT2D eigenvalue weighted by Crippen LogP contribution is -2.56. The zero-order valence-electron chi connectivity index (χ0n) is 23.7. The number of aliphatic carboxylic acids is 1. The molecule has 0 unspecified atom stereocenters. The molecular weight excluding hydrogens is 452 g/mol. The Kier molecular flexibility index (Phi) is 6.74. The van der Waals surface area contributed by atoms with Crippen LogP contribution in [-0.2, 0) is 14.3 Å². The maximum atomic E-state index is 13.0. The first-order valence-electron chi connectivity index (χ1n) is 14.0. The molecule has 36 heavy (non-hydrogen) atoms. The number of methoxy groups -OCH3 is 1. The van der Waals surface area contributed by atoms with Gasteiger partial charge in [-0.1, -0.05) is 53.7 Å². The molecule has 8 atom stereocenters. The van der Waals surface area contributed by atoms with Gasteiger partial charge < -0.3 is 14.9 Å². The molecule has 0 amide bonds. The minimum Gasteiger partial charge on any atom is -0.479 e. The van der Waals surface area contributed by atoms with Crippen molar-refractivity contribution in [1.82, 2.24) is 0 Å². The van der Waals surface area contributed by atoms with Gasteiger partial charge in [-0.25, -0.2) is 4.79 Å². The summed E-state index contributed by atoms with van der Waals surface area (Å²) in [7, 11) is 1.36. The van der Waals surface area contributed by atoms with E-state index >= 15 is 0 Å². The number of allylic oxidation sites excluding steroid dienone is 4. The summed E-state index contributed by atoms with van der Waals surface area (Å²) in [4.78, 5) is 24.7. The first-order chi connectivity index (χ1) is 16.6. The number of fused-ring (bicyclic) bond motifs is 5. The molecule has 0 spiro atoms. The van der Waals surface area contributed by atoms with Crippen LogP contribution < -0.4 is 0 Å². The molecule has 0 saturated heterocycles. The highest BCUT2D eigenvalue weighted by atomic mass is 16.5. The van der Waals surface area contributed by atoms with Crippen molar-refractivity contribution in [2.45, 2.75) is 112 Å². The normalized spacial score (nSPS) is 41.6. The monoisotopic (exact) mass is 500 g/mol. The lowest BCUT2D eigenvalue weighted by atomic mass is 9.43. The molecule has 202 valence electrons. The maximum Gasteiger partial charge on any atom is 0.336 e. The zero-order chi connectivity index (χ0) is 26.9. The van der Waals surface area contributed by atoms with Crippen molar-refractivity contribution in [3.8, 4) is 0 Å². The third kappa shape index (κ3) is 3.78. The molecular formula is C31H48O5. The second kappa shape index (κ2) is 8.80. The van der Waals surface area contributed by atoms with Gasteiger partial charge in [0.25, 0.3) is 0 Å². The van der Waals surface area contributed by atoms with Crippen molar-refractivity contribution in [3.63, 3.8) is 0 Å². The van der Waals surface area contributed by atoms with E-state index in [1.165, 1.54) is 25.2 Å². The fourth-order valence-corrected chi connectivity index (χ4v) is 8.95. The quantitative estimate of drug-likeness (QED) is 0.426. The Morgan fingerprint density at radius 2 is 1.81 bits per heavy atom. The number of Topliss-reactive ketones (excluding diaryl/α,β-unsaturated/α-hetero) is 1. The molecule has 0 aromatic rings. The maximum absolute atomic E-state index is 13.0. The van der Waals surface area contributed by atoms with Crippen molar-refractivity contribution in [2.75, 3.05) is 7.11 Å². The molecule has 2 saturated carbocycles. The number of hydrogen-bond acceptors (Lipinski definition) is 4. The molecule has 5 nitrogen and oxygen atoms in total. The second-order valence-electron chi connectivity index (χ2n) is 14.1. The van der Waals surface area contributed by atoms with E-state index in [1.807, 2.05) is 0 Å². The number of carbonyl (C=O) groups is 2. The van der Waals surface area contributed by atoms with E-state index in [-0.39, 0.29) is 45.9 Å². The van der Waals surface area contributed by atoms with E-state index in [0.717, 1.165) is 38.5 Å². The highest BCUT2D eigenvalue weighted by molar-refractivity contribution is 5.88. The van der Waals surface area contributed by atoms with Crippen LogP contribution in [0.3, 0.4) is 0 Å². The summed E-state index contributed by atoms with van der Waals surface area (Å²) in [6.45, 7) is 15.4. The van der Waals surface area contributed by atoms with Crippen LogP contribution in [0.1, 0.15) is 99.8 Å². The Hall–Kier alpha value is -1.46. The highest BCUT2D eigenvalue weighted by Gasteiger charge is 2.62. The lowest BCUT2D eigenvalue weighted by Gasteiger charge is -2.62. The minimum atomic E-state index is -1.47. The molecule has 5 heteroatoms. The summed E-state index contributed by atoms with van der Waals surface area (Å²) in [6.07, 6.45) is 11.2. The van der Waals surface area contributed by atoms with Crippen molar-refractivity contribution >= 4 is 11.8 Å². The number of ketones is 1. The van der Waals surface area contributed by atoms with Gasteiger partial charge in [0.1, 0.15) is 5.78 Å². The van der Waals surface area contributed by atoms with Crippen LogP contribution in [0.4, 0.5) is 0 Å². The van der Waals surface area contributed by atoms with E-state index < -0.39 is 11.6 Å². The van der Waals surface area contributed by atoms with Crippen LogP contribution in [0.25, 0.3) is 0 Å². The average molecular weight is 501 g/mol. The standard InChI is InChI=1S/C31H48O5/c1-19(17-20(32)18-31(7,36-8)26(34)35)29(5)15-12-23-21-9-10-24-27(2,3)25(33)13-14-28(24,4)22(21)11-16-30(23,29)6/h9,12,19,22,24-25,33H,10-11,13-18H2,1-8H3,(H,34,35)/t19-,22-,24+,25-,28-,29+,30-,31-/m1/s1. The number of carboxylic acids is 1. The van der Waals surface area contributed by atoms with Gasteiger partial charge in [0.2, 0.25) is 0 Å². The first kappa shape index (κ1) is 27.6.